The van der Waals surface area contributed by atoms with Gasteiger partial charge in [0.1, 0.15) is 5.52 Å². The summed E-state index contributed by atoms with van der Waals surface area (Å²) in [6, 6.07) is 1.55. The van der Waals surface area contributed by atoms with Crippen molar-refractivity contribution in [3.05, 3.63) is 24.2 Å². The van der Waals surface area contributed by atoms with E-state index in [1.54, 1.807) is 16.9 Å². The van der Waals surface area contributed by atoms with Gasteiger partial charge in [-0.2, -0.15) is 5.10 Å². The molecule has 0 amide bonds. The van der Waals surface area contributed by atoms with E-state index in [2.05, 4.69) is 36.2 Å². The zero-order chi connectivity index (χ0) is 14.0. The van der Waals surface area contributed by atoms with E-state index in [1.165, 1.54) is 0 Å². The molecule has 2 rings (SSSR count). The maximum atomic E-state index is 9.12. The maximum Gasteiger partial charge on any atom is 0.152 e. The Labute approximate surface area is 112 Å². The Morgan fingerprint density at radius 3 is 2.58 bits per heavy atom. The van der Waals surface area contributed by atoms with Crippen molar-refractivity contribution < 1.29 is 10.2 Å². The van der Waals surface area contributed by atoms with E-state index in [-0.39, 0.29) is 18.6 Å². The van der Waals surface area contributed by atoms with Gasteiger partial charge in [0.25, 0.3) is 0 Å². The minimum atomic E-state index is -0.424. The highest BCUT2D eigenvalue weighted by Crippen LogP contribution is 2.24. The molecule has 2 aromatic rings. The number of aliphatic hydroxyl groups is 2. The second-order valence-electron chi connectivity index (χ2n) is 5.59. The van der Waals surface area contributed by atoms with Crippen LogP contribution in [-0.4, -0.2) is 44.1 Å². The minimum Gasteiger partial charge on any atom is -0.394 e. The van der Waals surface area contributed by atoms with E-state index >= 15 is 0 Å². The standard InChI is InChI=1S/C13H20N4O2/c1-13(2,3)11-6-10-12(15-9(7-18)8-19)14-4-5-17(10)16-11/h4-6,9,18-19H,7-8H2,1-3H3,(H,14,15). The monoisotopic (exact) mass is 264 g/mol. The van der Waals surface area contributed by atoms with Crippen molar-refractivity contribution in [2.75, 3.05) is 18.5 Å². The summed E-state index contributed by atoms with van der Waals surface area (Å²) in [7, 11) is 0. The van der Waals surface area contributed by atoms with Gasteiger partial charge in [-0.25, -0.2) is 9.50 Å². The topological polar surface area (TPSA) is 82.7 Å². The van der Waals surface area contributed by atoms with Gasteiger partial charge in [-0.1, -0.05) is 20.8 Å². The van der Waals surface area contributed by atoms with Crippen molar-refractivity contribution >= 4 is 11.3 Å². The molecule has 3 N–H and O–H groups in total. The van der Waals surface area contributed by atoms with Gasteiger partial charge in [0.2, 0.25) is 0 Å². The molecular weight excluding hydrogens is 244 g/mol. The fourth-order valence-corrected chi connectivity index (χ4v) is 1.74. The Hall–Kier alpha value is -1.66. The van der Waals surface area contributed by atoms with E-state index in [4.69, 9.17) is 10.2 Å². The lowest BCUT2D eigenvalue weighted by atomic mass is 9.92. The molecule has 19 heavy (non-hydrogen) atoms. The van der Waals surface area contributed by atoms with E-state index < -0.39 is 6.04 Å². The van der Waals surface area contributed by atoms with Crippen molar-refractivity contribution in [2.45, 2.75) is 32.2 Å². The van der Waals surface area contributed by atoms with Gasteiger partial charge >= 0.3 is 0 Å². The molecule has 0 aromatic carbocycles. The number of anilines is 1. The second-order valence-corrected chi connectivity index (χ2v) is 5.59. The molecular formula is C13H20N4O2. The van der Waals surface area contributed by atoms with E-state index in [9.17, 15) is 0 Å². The molecule has 0 radical (unpaired) electrons. The van der Waals surface area contributed by atoms with Gasteiger partial charge in [0, 0.05) is 17.8 Å². The third-order valence-corrected chi connectivity index (χ3v) is 2.94. The molecule has 104 valence electrons. The first-order chi connectivity index (χ1) is 8.95. The summed E-state index contributed by atoms with van der Waals surface area (Å²) in [5.41, 5.74) is 1.75. The smallest absolute Gasteiger partial charge is 0.152 e. The van der Waals surface area contributed by atoms with Crippen molar-refractivity contribution in [1.29, 1.82) is 0 Å². The summed E-state index contributed by atoms with van der Waals surface area (Å²) in [6.07, 6.45) is 3.42. The quantitative estimate of drug-likeness (QED) is 0.760. The van der Waals surface area contributed by atoms with Crippen LogP contribution in [0.2, 0.25) is 0 Å². The van der Waals surface area contributed by atoms with Crippen LogP contribution in [0.1, 0.15) is 26.5 Å². The molecule has 0 aliphatic heterocycles. The second kappa shape index (κ2) is 5.14. The van der Waals surface area contributed by atoms with Gasteiger partial charge in [0.05, 0.1) is 24.9 Å². The largest absolute Gasteiger partial charge is 0.394 e. The molecule has 0 bridgehead atoms. The number of nitrogens with zero attached hydrogens (tertiary/aromatic N) is 3. The van der Waals surface area contributed by atoms with Gasteiger partial charge in [-0.05, 0) is 6.07 Å². The van der Waals surface area contributed by atoms with Gasteiger partial charge in [0.15, 0.2) is 5.82 Å². The van der Waals surface area contributed by atoms with Crippen molar-refractivity contribution in [3.63, 3.8) is 0 Å². The summed E-state index contributed by atoms with van der Waals surface area (Å²) in [6.45, 7) is 5.98. The zero-order valence-electron chi connectivity index (χ0n) is 11.5. The summed E-state index contributed by atoms with van der Waals surface area (Å²) >= 11 is 0. The van der Waals surface area contributed by atoms with Crippen LogP contribution in [0.4, 0.5) is 5.82 Å². The number of hydrogen-bond donors (Lipinski definition) is 3. The van der Waals surface area contributed by atoms with Crippen molar-refractivity contribution in [2.24, 2.45) is 0 Å². The first-order valence-electron chi connectivity index (χ1n) is 6.29. The Bertz CT molecular complexity index is 555. The van der Waals surface area contributed by atoms with Gasteiger partial charge < -0.3 is 15.5 Å². The van der Waals surface area contributed by atoms with E-state index in [0.29, 0.717) is 5.82 Å². The van der Waals surface area contributed by atoms with Crippen LogP contribution in [0.25, 0.3) is 5.52 Å². The normalized spacial score (nSPS) is 12.3. The lowest BCUT2D eigenvalue weighted by molar-refractivity contribution is 0.203. The highest BCUT2D eigenvalue weighted by atomic mass is 16.3. The fourth-order valence-electron chi connectivity index (χ4n) is 1.74. The maximum absolute atomic E-state index is 9.12. The van der Waals surface area contributed by atoms with Crippen LogP contribution in [-0.2, 0) is 5.41 Å². The number of aromatic nitrogens is 3. The molecule has 0 atom stereocenters. The van der Waals surface area contributed by atoms with Gasteiger partial charge in [-0.3, -0.25) is 0 Å². The Kier molecular flexibility index (Phi) is 3.73. The van der Waals surface area contributed by atoms with Crippen LogP contribution in [0, 0.1) is 0 Å². The highest BCUT2D eigenvalue weighted by Gasteiger charge is 2.19. The first kappa shape index (κ1) is 13.8. The summed E-state index contributed by atoms with van der Waals surface area (Å²) in [4.78, 5) is 4.24. The van der Waals surface area contributed by atoms with Crippen molar-refractivity contribution in [3.8, 4) is 0 Å². The third-order valence-electron chi connectivity index (χ3n) is 2.94. The summed E-state index contributed by atoms with van der Waals surface area (Å²) in [5.74, 6) is 0.610. The highest BCUT2D eigenvalue weighted by molar-refractivity contribution is 5.68. The third kappa shape index (κ3) is 2.85. The molecule has 2 heterocycles. The minimum absolute atomic E-state index is 0.0450. The van der Waals surface area contributed by atoms with Crippen LogP contribution in [0.15, 0.2) is 18.5 Å². The molecule has 0 unspecified atom stereocenters. The molecule has 0 saturated heterocycles. The number of fused-ring (bicyclic) bond motifs is 1. The average Bonchev–Trinajstić information content (AvgIpc) is 2.80. The molecule has 2 aromatic heterocycles. The Balaban J connectivity index is 2.42. The number of hydrogen-bond acceptors (Lipinski definition) is 5. The van der Waals surface area contributed by atoms with Gasteiger partial charge in [-0.15, -0.1) is 0 Å². The Morgan fingerprint density at radius 1 is 1.32 bits per heavy atom. The molecule has 0 saturated carbocycles. The SMILES string of the molecule is CC(C)(C)c1cc2c(NC(CO)CO)nccn2n1. The fraction of sp³-hybridized carbons (Fsp3) is 0.538. The lowest BCUT2D eigenvalue weighted by Gasteiger charge is -2.14. The first-order valence-corrected chi connectivity index (χ1v) is 6.29. The number of aliphatic hydroxyl groups excluding tert-OH is 2. The average molecular weight is 264 g/mol. The number of nitrogens with one attached hydrogen (secondary N) is 1. The molecule has 0 spiro atoms. The summed E-state index contributed by atoms with van der Waals surface area (Å²) in [5, 5.41) is 25.8. The number of rotatable bonds is 4. The van der Waals surface area contributed by atoms with Crippen molar-refractivity contribution in [1.82, 2.24) is 14.6 Å². The molecule has 0 aliphatic carbocycles. The molecule has 0 aliphatic rings. The van der Waals surface area contributed by atoms with Crippen LogP contribution < -0.4 is 5.32 Å². The van der Waals surface area contributed by atoms with Crippen LogP contribution >= 0.6 is 0 Å². The van der Waals surface area contributed by atoms with Crippen LogP contribution in [0.5, 0.6) is 0 Å². The molecule has 0 fully saturated rings. The summed E-state index contributed by atoms with van der Waals surface area (Å²) < 4.78 is 1.75. The Morgan fingerprint density at radius 2 is 2.00 bits per heavy atom. The lowest BCUT2D eigenvalue weighted by Crippen LogP contribution is -2.28. The predicted octanol–water partition coefficient (Wildman–Crippen LogP) is 0.792. The van der Waals surface area contributed by atoms with Crippen LogP contribution in [0.3, 0.4) is 0 Å². The molecule has 6 heteroatoms. The van der Waals surface area contributed by atoms with E-state index in [0.717, 1.165) is 11.2 Å². The zero-order valence-corrected chi connectivity index (χ0v) is 11.5. The van der Waals surface area contributed by atoms with E-state index in [1.807, 2.05) is 6.07 Å². The molecule has 6 nitrogen and oxygen atoms in total. The predicted molar refractivity (Wildman–Crippen MR) is 73.3 cm³/mol.